The Bertz CT molecular complexity index is 933. The molecule has 1 aliphatic heterocycles. The smallest absolute Gasteiger partial charge is 0.191 e. The van der Waals surface area contributed by atoms with Crippen LogP contribution in [-0.2, 0) is 6.54 Å². The molecular weight excluding hydrogens is 355 g/mol. The maximum Gasteiger partial charge on any atom is 0.191 e. The first-order chi connectivity index (χ1) is 13.7. The topological polar surface area (TPSA) is 68.3 Å². The quantitative estimate of drug-likeness (QED) is 0.470. The van der Waals surface area contributed by atoms with Crippen molar-refractivity contribution in [2.24, 2.45) is 4.99 Å². The van der Waals surface area contributed by atoms with E-state index in [-0.39, 0.29) is 11.9 Å². The first-order valence-electron chi connectivity index (χ1n) is 9.70. The van der Waals surface area contributed by atoms with Gasteiger partial charge in [0.05, 0.1) is 6.54 Å². The molecule has 2 aromatic heterocycles. The van der Waals surface area contributed by atoms with E-state index in [1.807, 2.05) is 24.0 Å². The number of aromatic nitrogens is 2. The van der Waals surface area contributed by atoms with Crippen LogP contribution in [0.2, 0.25) is 0 Å². The van der Waals surface area contributed by atoms with Crippen molar-refractivity contribution in [2.75, 3.05) is 24.5 Å². The number of para-hydroxylation sites is 1. The number of anilines is 1. The summed E-state index contributed by atoms with van der Waals surface area (Å²) in [7, 11) is 0. The molecule has 1 aliphatic rings. The molecular formula is C21H25FN6. The Labute approximate surface area is 163 Å². The van der Waals surface area contributed by atoms with Gasteiger partial charge in [0, 0.05) is 43.1 Å². The number of rotatable bonds is 5. The Morgan fingerprint density at radius 3 is 3.04 bits per heavy atom. The summed E-state index contributed by atoms with van der Waals surface area (Å²) in [6.07, 6.45) is 2.54. The van der Waals surface area contributed by atoms with Crippen molar-refractivity contribution >= 4 is 22.7 Å². The molecule has 1 atom stereocenters. The van der Waals surface area contributed by atoms with Gasteiger partial charge in [0.1, 0.15) is 0 Å². The van der Waals surface area contributed by atoms with Gasteiger partial charge < -0.3 is 20.5 Å². The molecule has 3 aromatic rings. The molecule has 1 saturated heterocycles. The normalized spacial score (nSPS) is 17.3. The third kappa shape index (κ3) is 4.08. The van der Waals surface area contributed by atoms with Gasteiger partial charge in [-0.3, -0.25) is 0 Å². The standard InChI is InChI=1S/C21H25FN6/c1-2-23-21(25-13-17-12-15-6-3-4-8-19(15)26-17)27-16-9-11-28(14-16)20-18(22)7-5-10-24-20/h3-8,10,12,16,26H,2,9,11,13-14H2,1H3,(H2,23,25,27). The van der Waals surface area contributed by atoms with Gasteiger partial charge in [0.25, 0.3) is 0 Å². The highest BCUT2D eigenvalue weighted by Gasteiger charge is 2.25. The summed E-state index contributed by atoms with van der Waals surface area (Å²) < 4.78 is 14.0. The van der Waals surface area contributed by atoms with Crippen LogP contribution >= 0.6 is 0 Å². The van der Waals surface area contributed by atoms with Gasteiger partial charge in [0.15, 0.2) is 17.6 Å². The van der Waals surface area contributed by atoms with Gasteiger partial charge in [0.2, 0.25) is 0 Å². The minimum Gasteiger partial charge on any atom is -0.357 e. The second kappa shape index (κ2) is 8.29. The lowest BCUT2D eigenvalue weighted by Gasteiger charge is -2.19. The Hall–Kier alpha value is -3.09. The molecule has 0 bridgehead atoms. The third-order valence-corrected chi connectivity index (χ3v) is 4.91. The highest BCUT2D eigenvalue weighted by atomic mass is 19.1. The van der Waals surface area contributed by atoms with E-state index in [1.165, 1.54) is 11.5 Å². The molecule has 0 radical (unpaired) electrons. The SMILES string of the molecule is CCNC(=NCc1cc2ccccc2[nH]1)NC1CCN(c2ncccc2F)C1. The van der Waals surface area contributed by atoms with E-state index in [0.29, 0.717) is 18.9 Å². The summed E-state index contributed by atoms with van der Waals surface area (Å²) in [4.78, 5) is 14.3. The summed E-state index contributed by atoms with van der Waals surface area (Å²) in [5.74, 6) is 0.920. The second-order valence-electron chi connectivity index (χ2n) is 6.96. The summed E-state index contributed by atoms with van der Waals surface area (Å²) in [5.41, 5.74) is 2.19. The maximum atomic E-state index is 14.0. The number of fused-ring (bicyclic) bond motifs is 1. The van der Waals surface area contributed by atoms with Crippen LogP contribution in [0.4, 0.5) is 10.2 Å². The number of hydrogen-bond acceptors (Lipinski definition) is 3. The van der Waals surface area contributed by atoms with E-state index in [2.05, 4.69) is 38.8 Å². The van der Waals surface area contributed by atoms with E-state index in [0.717, 1.165) is 36.7 Å². The van der Waals surface area contributed by atoms with Crippen molar-refractivity contribution in [1.29, 1.82) is 0 Å². The minimum atomic E-state index is -0.275. The van der Waals surface area contributed by atoms with Crippen molar-refractivity contribution in [3.8, 4) is 0 Å². The Morgan fingerprint density at radius 1 is 1.32 bits per heavy atom. The number of nitrogens with zero attached hydrogens (tertiary/aromatic N) is 3. The number of nitrogens with one attached hydrogen (secondary N) is 3. The molecule has 3 heterocycles. The highest BCUT2D eigenvalue weighted by Crippen LogP contribution is 2.21. The number of pyridine rings is 1. The van der Waals surface area contributed by atoms with Crippen LogP contribution in [0.25, 0.3) is 10.9 Å². The van der Waals surface area contributed by atoms with E-state index in [1.54, 1.807) is 12.3 Å². The molecule has 0 spiro atoms. The summed E-state index contributed by atoms with van der Waals surface area (Å²) >= 11 is 0. The molecule has 1 aromatic carbocycles. The predicted molar refractivity (Wildman–Crippen MR) is 111 cm³/mol. The number of aliphatic imine (C=N–C) groups is 1. The molecule has 1 unspecified atom stereocenters. The van der Waals surface area contributed by atoms with Crippen molar-refractivity contribution < 1.29 is 4.39 Å². The van der Waals surface area contributed by atoms with Gasteiger partial charge >= 0.3 is 0 Å². The van der Waals surface area contributed by atoms with Crippen LogP contribution in [0.5, 0.6) is 0 Å². The van der Waals surface area contributed by atoms with Gasteiger partial charge in [-0.25, -0.2) is 14.4 Å². The summed E-state index contributed by atoms with van der Waals surface area (Å²) in [6, 6.07) is 13.6. The lowest BCUT2D eigenvalue weighted by molar-refractivity contribution is 0.612. The highest BCUT2D eigenvalue weighted by molar-refractivity contribution is 5.81. The van der Waals surface area contributed by atoms with Crippen molar-refractivity contribution in [1.82, 2.24) is 20.6 Å². The Balaban J connectivity index is 1.40. The molecule has 3 N–H and O–H groups in total. The predicted octanol–water partition coefficient (Wildman–Crippen LogP) is 3.04. The van der Waals surface area contributed by atoms with Gasteiger partial charge in [-0.15, -0.1) is 0 Å². The maximum absolute atomic E-state index is 14.0. The molecule has 0 aliphatic carbocycles. The zero-order valence-electron chi connectivity index (χ0n) is 16.0. The first-order valence-corrected chi connectivity index (χ1v) is 9.70. The van der Waals surface area contributed by atoms with Crippen LogP contribution in [0.3, 0.4) is 0 Å². The Morgan fingerprint density at radius 2 is 2.21 bits per heavy atom. The fourth-order valence-electron chi connectivity index (χ4n) is 3.58. The van der Waals surface area contributed by atoms with Crippen LogP contribution in [-0.4, -0.2) is 41.6 Å². The van der Waals surface area contributed by atoms with Gasteiger partial charge in [-0.05, 0) is 43.0 Å². The van der Waals surface area contributed by atoms with E-state index in [9.17, 15) is 4.39 Å². The number of aromatic amines is 1. The second-order valence-corrected chi connectivity index (χ2v) is 6.96. The lowest BCUT2D eigenvalue weighted by Crippen LogP contribution is -2.44. The third-order valence-electron chi connectivity index (χ3n) is 4.91. The van der Waals surface area contributed by atoms with E-state index >= 15 is 0 Å². The first kappa shape index (κ1) is 18.3. The fraction of sp³-hybridized carbons (Fsp3) is 0.333. The molecule has 28 heavy (non-hydrogen) atoms. The van der Waals surface area contributed by atoms with Crippen LogP contribution in [0.1, 0.15) is 19.0 Å². The van der Waals surface area contributed by atoms with Crippen LogP contribution < -0.4 is 15.5 Å². The van der Waals surface area contributed by atoms with E-state index < -0.39 is 0 Å². The number of benzene rings is 1. The summed E-state index contributed by atoms with van der Waals surface area (Å²) in [6.45, 7) is 4.86. The van der Waals surface area contributed by atoms with Gasteiger partial charge in [-0.2, -0.15) is 0 Å². The zero-order chi connectivity index (χ0) is 19.3. The molecule has 1 fully saturated rings. The monoisotopic (exact) mass is 380 g/mol. The number of H-pyrrole nitrogens is 1. The Kier molecular flexibility index (Phi) is 5.41. The number of halogens is 1. The molecule has 6 nitrogen and oxygen atoms in total. The minimum absolute atomic E-state index is 0.196. The molecule has 0 amide bonds. The van der Waals surface area contributed by atoms with Crippen molar-refractivity contribution in [2.45, 2.75) is 25.9 Å². The van der Waals surface area contributed by atoms with Gasteiger partial charge in [-0.1, -0.05) is 18.2 Å². The van der Waals surface area contributed by atoms with Crippen LogP contribution in [0.15, 0.2) is 53.7 Å². The largest absolute Gasteiger partial charge is 0.357 e. The number of hydrogen-bond donors (Lipinski definition) is 3. The van der Waals surface area contributed by atoms with Crippen molar-refractivity contribution in [3.63, 3.8) is 0 Å². The fourth-order valence-corrected chi connectivity index (χ4v) is 3.58. The zero-order valence-corrected chi connectivity index (χ0v) is 16.0. The average molecular weight is 380 g/mol. The van der Waals surface area contributed by atoms with Crippen molar-refractivity contribution in [3.05, 3.63) is 60.2 Å². The lowest BCUT2D eigenvalue weighted by atomic mass is 10.2. The van der Waals surface area contributed by atoms with E-state index in [4.69, 9.17) is 4.99 Å². The number of guanidine groups is 1. The van der Waals surface area contributed by atoms with Crippen LogP contribution in [0, 0.1) is 5.82 Å². The average Bonchev–Trinajstić information content (AvgIpc) is 3.33. The molecule has 146 valence electrons. The molecule has 0 saturated carbocycles. The molecule has 4 rings (SSSR count). The summed E-state index contributed by atoms with van der Waals surface area (Å²) in [5, 5.41) is 7.96. The molecule has 7 heteroatoms.